The van der Waals surface area contributed by atoms with E-state index in [1.807, 2.05) is 43.3 Å². The molecular formula is C14H13N3O. The number of aryl methyl sites for hydroxylation is 1. The van der Waals surface area contributed by atoms with Crippen LogP contribution in [0.1, 0.15) is 23.3 Å². The number of rotatable bonds is 2. The molecule has 0 bridgehead atoms. The summed E-state index contributed by atoms with van der Waals surface area (Å²) >= 11 is 0. The number of hydrogen-bond acceptors (Lipinski definition) is 4. The molecule has 0 aliphatic rings. The van der Waals surface area contributed by atoms with E-state index in [2.05, 4.69) is 9.97 Å². The van der Waals surface area contributed by atoms with Gasteiger partial charge in [0, 0.05) is 11.6 Å². The lowest BCUT2D eigenvalue weighted by molar-refractivity contribution is 0.520. The molecule has 2 N–H and O–H groups in total. The van der Waals surface area contributed by atoms with E-state index in [0.29, 0.717) is 11.6 Å². The zero-order valence-corrected chi connectivity index (χ0v) is 10.00. The predicted octanol–water partition coefficient (Wildman–Crippen LogP) is 2.58. The fourth-order valence-corrected chi connectivity index (χ4v) is 1.95. The standard InChI is InChI=1S/C14H13N3O/c1-9-16-7-6-11(17-9)14(15)13-8-10-4-2-3-5-12(10)18-13/h2-8,14H,15H2,1H3. The molecule has 3 aromatic rings. The summed E-state index contributed by atoms with van der Waals surface area (Å²) in [4.78, 5) is 8.38. The second-order valence-electron chi connectivity index (χ2n) is 4.19. The van der Waals surface area contributed by atoms with E-state index in [0.717, 1.165) is 16.7 Å². The first-order valence-corrected chi connectivity index (χ1v) is 5.77. The van der Waals surface area contributed by atoms with Gasteiger partial charge in [0.25, 0.3) is 0 Å². The van der Waals surface area contributed by atoms with E-state index in [-0.39, 0.29) is 6.04 Å². The molecule has 18 heavy (non-hydrogen) atoms. The number of hydrogen-bond donors (Lipinski definition) is 1. The minimum absolute atomic E-state index is 0.362. The van der Waals surface area contributed by atoms with E-state index < -0.39 is 0 Å². The van der Waals surface area contributed by atoms with Crippen LogP contribution >= 0.6 is 0 Å². The van der Waals surface area contributed by atoms with Crippen LogP contribution in [0, 0.1) is 6.92 Å². The first-order chi connectivity index (χ1) is 8.74. The number of fused-ring (bicyclic) bond motifs is 1. The Kier molecular flexibility index (Phi) is 2.57. The summed E-state index contributed by atoms with van der Waals surface area (Å²) in [6.45, 7) is 1.84. The Morgan fingerprint density at radius 2 is 2.06 bits per heavy atom. The number of aromatic nitrogens is 2. The van der Waals surface area contributed by atoms with Crippen molar-refractivity contribution in [3.8, 4) is 0 Å². The normalized spacial score (nSPS) is 12.8. The molecule has 4 nitrogen and oxygen atoms in total. The third-order valence-corrected chi connectivity index (χ3v) is 2.87. The lowest BCUT2D eigenvalue weighted by Gasteiger charge is -2.07. The van der Waals surface area contributed by atoms with Crippen LogP contribution in [-0.2, 0) is 0 Å². The molecule has 0 aliphatic heterocycles. The van der Waals surface area contributed by atoms with Crippen LogP contribution in [0.15, 0.2) is 47.0 Å². The number of furan rings is 1. The zero-order valence-electron chi connectivity index (χ0n) is 10.00. The zero-order chi connectivity index (χ0) is 12.5. The highest BCUT2D eigenvalue weighted by Gasteiger charge is 2.15. The van der Waals surface area contributed by atoms with Crippen LogP contribution in [-0.4, -0.2) is 9.97 Å². The Bertz CT molecular complexity index is 657. The maximum absolute atomic E-state index is 6.17. The molecule has 1 aromatic carbocycles. The van der Waals surface area contributed by atoms with Crippen molar-refractivity contribution in [1.82, 2.24) is 9.97 Å². The molecule has 0 aliphatic carbocycles. The van der Waals surface area contributed by atoms with Gasteiger partial charge >= 0.3 is 0 Å². The minimum Gasteiger partial charge on any atom is -0.459 e. The van der Waals surface area contributed by atoms with E-state index >= 15 is 0 Å². The van der Waals surface area contributed by atoms with Gasteiger partial charge < -0.3 is 10.2 Å². The fourth-order valence-electron chi connectivity index (χ4n) is 1.95. The van der Waals surface area contributed by atoms with Gasteiger partial charge in [-0.3, -0.25) is 0 Å². The smallest absolute Gasteiger partial charge is 0.134 e. The van der Waals surface area contributed by atoms with Crippen LogP contribution in [0.25, 0.3) is 11.0 Å². The van der Waals surface area contributed by atoms with E-state index in [1.165, 1.54) is 0 Å². The van der Waals surface area contributed by atoms with Gasteiger partial charge in [-0.25, -0.2) is 9.97 Å². The van der Waals surface area contributed by atoms with Crippen LogP contribution in [0.2, 0.25) is 0 Å². The summed E-state index contributed by atoms with van der Waals surface area (Å²) in [7, 11) is 0. The molecule has 0 amide bonds. The molecule has 2 aromatic heterocycles. The Hall–Kier alpha value is -2.20. The quantitative estimate of drug-likeness (QED) is 0.746. The Morgan fingerprint density at radius 3 is 2.83 bits per heavy atom. The SMILES string of the molecule is Cc1nccc(C(N)c2cc3ccccc3o2)n1. The van der Waals surface area contributed by atoms with Crippen LogP contribution in [0.3, 0.4) is 0 Å². The third kappa shape index (κ3) is 1.87. The molecule has 90 valence electrons. The molecule has 0 fully saturated rings. The van der Waals surface area contributed by atoms with E-state index in [1.54, 1.807) is 6.20 Å². The van der Waals surface area contributed by atoms with Gasteiger partial charge in [-0.05, 0) is 25.1 Å². The molecule has 4 heteroatoms. The van der Waals surface area contributed by atoms with Crippen molar-refractivity contribution in [2.75, 3.05) is 0 Å². The second kappa shape index (κ2) is 4.23. The maximum Gasteiger partial charge on any atom is 0.134 e. The van der Waals surface area contributed by atoms with Crippen LogP contribution < -0.4 is 5.73 Å². The van der Waals surface area contributed by atoms with Crippen molar-refractivity contribution < 1.29 is 4.42 Å². The lowest BCUT2D eigenvalue weighted by atomic mass is 10.1. The summed E-state index contributed by atoms with van der Waals surface area (Å²) in [6.07, 6.45) is 1.71. The molecule has 0 spiro atoms. The predicted molar refractivity (Wildman–Crippen MR) is 69.0 cm³/mol. The highest BCUT2D eigenvalue weighted by molar-refractivity contribution is 5.77. The number of nitrogens with two attached hydrogens (primary N) is 1. The van der Waals surface area contributed by atoms with Crippen molar-refractivity contribution in [3.05, 3.63) is 59.9 Å². The monoisotopic (exact) mass is 239 g/mol. The van der Waals surface area contributed by atoms with Crippen LogP contribution in [0.4, 0.5) is 0 Å². The number of benzene rings is 1. The van der Waals surface area contributed by atoms with Gasteiger partial charge in [0.2, 0.25) is 0 Å². The minimum atomic E-state index is -0.362. The molecule has 2 heterocycles. The molecule has 0 saturated carbocycles. The number of nitrogens with zero attached hydrogens (tertiary/aromatic N) is 2. The van der Waals surface area contributed by atoms with E-state index in [9.17, 15) is 0 Å². The molecule has 1 unspecified atom stereocenters. The topological polar surface area (TPSA) is 64.9 Å². The van der Waals surface area contributed by atoms with Gasteiger partial charge in [-0.1, -0.05) is 18.2 Å². The summed E-state index contributed by atoms with van der Waals surface area (Å²) < 4.78 is 5.74. The van der Waals surface area contributed by atoms with Crippen molar-refractivity contribution in [2.24, 2.45) is 5.73 Å². The second-order valence-corrected chi connectivity index (χ2v) is 4.19. The maximum atomic E-state index is 6.17. The highest BCUT2D eigenvalue weighted by atomic mass is 16.3. The highest BCUT2D eigenvalue weighted by Crippen LogP contribution is 2.25. The first-order valence-electron chi connectivity index (χ1n) is 5.77. The van der Waals surface area contributed by atoms with Gasteiger partial charge in [0.15, 0.2) is 0 Å². The first kappa shape index (κ1) is 10.9. The van der Waals surface area contributed by atoms with Crippen molar-refractivity contribution in [2.45, 2.75) is 13.0 Å². The van der Waals surface area contributed by atoms with Crippen molar-refractivity contribution >= 4 is 11.0 Å². The van der Waals surface area contributed by atoms with Gasteiger partial charge in [-0.2, -0.15) is 0 Å². The Labute approximate surface area is 104 Å². The summed E-state index contributed by atoms with van der Waals surface area (Å²) in [5.41, 5.74) is 7.77. The Balaban J connectivity index is 2.03. The Morgan fingerprint density at radius 1 is 1.22 bits per heavy atom. The van der Waals surface area contributed by atoms with Crippen molar-refractivity contribution in [3.63, 3.8) is 0 Å². The molecule has 3 rings (SSSR count). The molecule has 0 saturated heterocycles. The third-order valence-electron chi connectivity index (χ3n) is 2.87. The van der Waals surface area contributed by atoms with Gasteiger partial charge in [-0.15, -0.1) is 0 Å². The largest absolute Gasteiger partial charge is 0.459 e. The summed E-state index contributed by atoms with van der Waals surface area (Å²) in [5, 5.41) is 1.05. The van der Waals surface area contributed by atoms with E-state index in [4.69, 9.17) is 10.2 Å². The summed E-state index contributed by atoms with van der Waals surface area (Å²) in [6, 6.07) is 11.2. The van der Waals surface area contributed by atoms with Crippen LogP contribution in [0.5, 0.6) is 0 Å². The van der Waals surface area contributed by atoms with Gasteiger partial charge in [0.1, 0.15) is 23.2 Å². The average molecular weight is 239 g/mol. The van der Waals surface area contributed by atoms with Gasteiger partial charge in [0.05, 0.1) is 5.69 Å². The lowest BCUT2D eigenvalue weighted by Crippen LogP contribution is -2.13. The average Bonchev–Trinajstić information content (AvgIpc) is 2.81. The molecule has 0 radical (unpaired) electrons. The van der Waals surface area contributed by atoms with Crippen molar-refractivity contribution in [1.29, 1.82) is 0 Å². The summed E-state index contributed by atoms with van der Waals surface area (Å²) in [5.74, 6) is 1.42. The fraction of sp³-hybridized carbons (Fsp3) is 0.143. The molecule has 1 atom stereocenters. The molecular weight excluding hydrogens is 226 g/mol. The number of para-hydroxylation sites is 1.